The van der Waals surface area contributed by atoms with Gasteiger partial charge in [0, 0.05) is 18.6 Å². The van der Waals surface area contributed by atoms with Gasteiger partial charge in [0.15, 0.2) is 0 Å². The summed E-state index contributed by atoms with van der Waals surface area (Å²) in [7, 11) is -1.72. The van der Waals surface area contributed by atoms with Crippen molar-refractivity contribution in [2.45, 2.75) is 13.8 Å². The van der Waals surface area contributed by atoms with E-state index in [0.717, 1.165) is 10.9 Å². The second-order valence-electron chi connectivity index (χ2n) is 3.58. The summed E-state index contributed by atoms with van der Waals surface area (Å²) in [5, 5.41) is 0.850. The first kappa shape index (κ1) is 14.2. The highest BCUT2D eigenvalue weighted by molar-refractivity contribution is 7.39. The number of aromatic nitrogens is 2. The molecule has 2 rings (SSSR count). The van der Waals surface area contributed by atoms with Gasteiger partial charge in [-0.15, -0.1) is 22.2 Å². The van der Waals surface area contributed by atoms with Crippen molar-refractivity contribution in [3.63, 3.8) is 0 Å². The summed E-state index contributed by atoms with van der Waals surface area (Å²) in [5.41, 5.74) is 2.42. The summed E-state index contributed by atoms with van der Waals surface area (Å²) in [6, 6.07) is 7.80. The molecule has 2 heterocycles. The molecule has 2 aromatic rings. The highest BCUT2D eigenvalue weighted by Gasteiger charge is 2.06. The third kappa shape index (κ3) is 5.82. The lowest BCUT2D eigenvalue weighted by atomic mass is 10.3. The lowest BCUT2D eigenvalue weighted by Crippen LogP contribution is -2.21. The van der Waals surface area contributed by atoms with Gasteiger partial charge >= 0.3 is 0 Å². The quantitative estimate of drug-likeness (QED) is 0.594. The van der Waals surface area contributed by atoms with E-state index in [9.17, 15) is 0 Å². The molecule has 0 saturated heterocycles. The van der Waals surface area contributed by atoms with Crippen molar-refractivity contribution in [2.24, 2.45) is 0 Å². The van der Waals surface area contributed by atoms with Gasteiger partial charge in [-0.1, -0.05) is 0 Å². The number of rotatable bonds is 1. The minimum absolute atomic E-state index is 0.850. The van der Waals surface area contributed by atoms with Gasteiger partial charge in [-0.25, -0.2) is 0 Å². The van der Waals surface area contributed by atoms with Gasteiger partial charge in [-0.2, -0.15) is 0 Å². The zero-order valence-corrected chi connectivity index (χ0v) is 12.4. The van der Waals surface area contributed by atoms with Crippen LogP contribution in [0.3, 0.4) is 0 Å². The molecule has 0 bridgehead atoms. The Morgan fingerprint density at radius 1 is 0.941 bits per heavy atom. The summed E-state index contributed by atoms with van der Waals surface area (Å²) >= 11 is 11.4. The van der Waals surface area contributed by atoms with E-state index in [1.807, 2.05) is 38.1 Å². The molecule has 0 spiro atoms. The number of hydrogen-bond donors (Lipinski definition) is 0. The molecule has 90 valence electrons. The molecule has 0 saturated carbocycles. The number of aryl methyl sites for hydroxylation is 2. The van der Waals surface area contributed by atoms with Crippen molar-refractivity contribution in [3.8, 4) is 0 Å². The molecule has 2 aromatic heterocycles. The summed E-state index contributed by atoms with van der Waals surface area (Å²) in [5.74, 6) is 0. The Kier molecular flexibility index (Phi) is 6.19. The largest absolute Gasteiger partial charge is 0.284 e. The van der Waals surface area contributed by atoms with Crippen LogP contribution in [0.2, 0.25) is 0 Å². The topological polar surface area (TPSA) is 25.8 Å². The average Bonchev–Trinajstić information content (AvgIpc) is 2.31. The van der Waals surface area contributed by atoms with Gasteiger partial charge in [0.2, 0.25) is 0 Å². The molecular formula is C12H14Cl2N2Si. The highest BCUT2D eigenvalue weighted by atomic mass is 35.7. The summed E-state index contributed by atoms with van der Waals surface area (Å²) in [6.07, 6.45) is 5.31. The molecule has 2 nitrogen and oxygen atoms in total. The minimum atomic E-state index is -1.72. The van der Waals surface area contributed by atoms with Crippen LogP contribution in [0.25, 0.3) is 0 Å². The van der Waals surface area contributed by atoms with E-state index in [1.54, 1.807) is 18.6 Å². The van der Waals surface area contributed by atoms with E-state index in [-0.39, 0.29) is 0 Å². The Balaban J connectivity index is 0.000000181. The summed E-state index contributed by atoms with van der Waals surface area (Å²) in [4.78, 5) is 7.88. The van der Waals surface area contributed by atoms with E-state index in [2.05, 4.69) is 9.97 Å². The van der Waals surface area contributed by atoms with Crippen LogP contribution in [0.4, 0.5) is 0 Å². The summed E-state index contributed by atoms with van der Waals surface area (Å²) < 4.78 is 0. The molecule has 0 aromatic carbocycles. The fourth-order valence-corrected chi connectivity index (χ4v) is 2.41. The van der Waals surface area contributed by atoms with E-state index < -0.39 is 7.42 Å². The van der Waals surface area contributed by atoms with Crippen molar-refractivity contribution < 1.29 is 0 Å². The second kappa shape index (κ2) is 7.43. The average molecular weight is 285 g/mol. The number of nitrogens with zero attached hydrogens (tertiary/aromatic N) is 2. The van der Waals surface area contributed by atoms with Gasteiger partial charge in [0.25, 0.3) is 7.42 Å². The molecule has 0 aliphatic heterocycles. The van der Waals surface area contributed by atoms with E-state index >= 15 is 0 Å². The number of halogens is 2. The molecule has 5 heteroatoms. The smallest absolute Gasteiger partial charge is 0.265 e. The molecular weight excluding hydrogens is 271 g/mol. The molecule has 17 heavy (non-hydrogen) atoms. The maximum atomic E-state index is 5.72. The standard InChI is InChI=1S/C6H7Cl2NSi.C6H7N/c1-5-2-3-9-6(4-5)10(7)8;1-6-2-4-7-5-3-6/h2-4,10H,1H3;2-5H,1H3. The first-order chi connectivity index (χ1) is 8.09. The Bertz CT molecular complexity index is 449. The molecule has 0 aliphatic carbocycles. The SMILES string of the molecule is Cc1ccnc([SiH](Cl)Cl)c1.Cc1ccncc1. The van der Waals surface area contributed by atoms with Crippen molar-refractivity contribution in [2.75, 3.05) is 0 Å². The minimum Gasteiger partial charge on any atom is -0.265 e. The molecule has 0 unspecified atom stereocenters. The molecule has 0 amide bonds. The lowest BCUT2D eigenvalue weighted by Gasteiger charge is -1.97. The van der Waals surface area contributed by atoms with Crippen LogP contribution in [-0.4, -0.2) is 17.4 Å². The summed E-state index contributed by atoms with van der Waals surface area (Å²) in [6.45, 7) is 4.04. The van der Waals surface area contributed by atoms with Crippen LogP contribution >= 0.6 is 22.2 Å². The Labute approximate surface area is 113 Å². The molecule has 0 fully saturated rings. The van der Waals surface area contributed by atoms with Crippen LogP contribution in [0, 0.1) is 13.8 Å². The molecule has 0 aliphatic rings. The van der Waals surface area contributed by atoms with E-state index in [4.69, 9.17) is 22.2 Å². The van der Waals surface area contributed by atoms with Crippen molar-refractivity contribution >= 4 is 34.9 Å². The Morgan fingerprint density at radius 3 is 1.88 bits per heavy atom. The molecule has 0 atom stereocenters. The van der Waals surface area contributed by atoms with Crippen LogP contribution in [0.15, 0.2) is 42.9 Å². The van der Waals surface area contributed by atoms with Gasteiger partial charge in [0.05, 0.1) is 5.32 Å². The zero-order valence-electron chi connectivity index (χ0n) is 9.77. The van der Waals surface area contributed by atoms with Gasteiger partial charge in [-0.3, -0.25) is 9.97 Å². The van der Waals surface area contributed by atoms with Gasteiger partial charge in [-0.05, 0) is 49.2 Å². The predicted molar refractivity (Wildman–Crippen MR) is 76.4 cm³/mol. The van der Waals surface area contributed by atoms with Gasteiger partial charge in [0.1, 0.15) is 0 Å². The van der Waals surface area contributed by atoms with Crippen LogP contribution < -0.4 is 5.32 Å². The first-order valence-electron chi connectivity index (χ1n) is 5.17. The first-order valence-corrected chi connectivity index (χ1v) is 9.24. The normalized spacial score (nSPS) is 9.71. The van der Waals surface area contributed by atoms with Crippen LogP contribution in [0.5, 0.6) is 0 Å². The predicted octanol–water partition coefficient (Wildman–Crippen LogP) is 2.69. The van der Waals surface area contributed by atoms with Crippen LogP contribution in [-0.2, 0) is 0 Å². The highest BCUT2D eigenvalue weighted by Crippen LogP contribution is 1.97. The fourth-order valence-electron chi connectivity index (χ4n) is 1.11. The molecule has 0 N–H and O–H groups in total. The van der Waals surface area contributed by atoms with Crippen molar-refractivity contribution in [3.05, 3.63) is 54.0 Å². The monoisotopic (exact) mass is 284 g/mol. The van der Waals surface area contributed by atoms with Gasteiger partial charge < -0.3 is 0 Å². The van der Waals surface area contributed by atoms with Crippen molar-refractivity contribution in [1.82, 2.24) is 9.97 Å². The number of pyridine rings is 2. The second-order valence-corrected chi connectivity index (χ2v) is 8.07. The maximum Gasteiger partial charge on any atom is 0.284 e. The maximum absolute atomic E-state index is 5.72. The Hall–Kier alpha value is -0.903. The number of hydrogen-bond acceptors (Lipinski definition) is 2. The van der Waals surface area contributed by atoms with E-state index in [0.29, 0.717) is 0 Å². The third-order valence-electron chi connectivity index (χ3n) is 2.01. The Morgan fingerprint density at radius 2 is 1.53 bits per heavy atom. The third-order valence-corrected chi connectivity index (χ3v) is 4.11. The molecule has 0 radical (unpaired) electrons. The lowest BCUT2D eigenvalue weighted by molar-refractivity contribution is 1.29. The van der Waals surface area contributed by atoms with Crippen molar-refractivity contribution in [1.29, 1.82) is 0 Å². The van der Waals surface area contributed by atoms with E-state index in [1.165, 1.54) is 5.56 Å². The zero-order chi connectivity index (χ0) is 12.7. The van der Waals surface area contributed by atoms with Crippen LogP contribution in [0.1, 0.15) is 11.1 Å². The fraction of sp³-hybridized carbons (Fsp3) is 0.167.